The van der Waals surface area contributed by atoms with Gasteiger partial charge in [0.05, 0.1) is 0 Å². The third-order valence-corrected chi connectivity index (χ3v) is 1.24. The van der Waals surface area contributed by atoms with Crippen LogP contribution in [0.2, 0.25) is 0 Å². The van der Waals surface area contributed by atoms with Crippen molar-refractivity contribution in [1.82, 2.24) is 0 Å². The lowest BCUT2D eigenvalue weighted by Gasteiger charge is -2.14. The van der Waals surface area contributed by atoms with Crippen LogP contribution in [-0.2, 0) is 0 Å². The fourth-order valence-electron chi connectivity index (χ4n) is 0.283. The SMILES string of the molecule is CC.CC(C)(C)CCBr. The average molecular weight is 195 g/mol. The molecule has 0 aromatic carbocycles. The lowest BCUT2D eigenvalue weighted by atomic mass is 9.94. The van der Waals surface area contributed by atoms with Crippen molar-refractivity contribution in [2.75, 3.05) is 5.33 Å². The van der Waals surface area contributed by atoms with Gasteiger partial charge in [-0.1, -0.05) is 50.5 Å². The predicted octanol–water partition coefficient (Wildman–Crippen LogP) is 3.84. The van der Waals surface area contributed by atoms with E-state index in [-0.39, 0.29) is 0 Å². The molecule has 0 aromatic rings. The first-order valence-corrected chi connectivity index (χ1v) is 4.74. The summed E-state index contributed by atoms with van der Waals surface area (Å²) in [6, 6.07) is 0. The first-order chi connectivity index (χ1) is 4.06. The number of rotatable bonds is 1. The van der Waals surface area contributed by atoms with Crippen LogP contribution in [0, 0.1) is 5.41 Å². The molecule has 0 aliphatic rings. The van der Waals surface area contributed by atoms with Gasteiger partial charge in [0.15, 0.2) is 0 Å². The maximum absolute atomic E-state index is 3.39. The minimum atomic E-state index is 0.503. The summed E-state index contributed by atoms with van der Waals surface area (Å²) in [5, 5.41) is 1.12. The summed E-state index contributed by atoms with van der Waals surface area (Å²) in [6.07, 6.45) is 1.26. The second kappa shape index (κ2) is 6.60. The monoisotopic (exact) mass is 194 g/mol. The van der Waals surface area contributed by atoms with Gasteiger partial charge in [-0.25, -0.2) is 0 Å². The molecule has 0 saturated carbocycles. The van der Waals surface area contributed by atoms with Gasteiger partial charge in [0.25, 0.3) is 0 Å². The number of hydrogen-bond donors (Lipinski definition) is 0. The molecule has 0 saturated heterocycles. The molecule has 0 rings (SSSR count). The summed E-state index contributed by atoms with van der Waals surface area (Å²) < 4.78 is 0. The van der Waals surface area contributed by atoms with Gasteiger partial charge < -0.3 is 0 Å². The van der Waals surface area contributed by atoms with E-state index >= 15 is 0 Å². The minimum Gasteiger partial charge on any atom is -0.0928 e. The van der Waals surface area contributed by atoms with Crippen LogP contribution in [0.3, 0.4) is 0 Å². The van der Waals surface area contributed by atoms with E-state index < -0.39 is 0 Å². The van der Waals surface area contributed by atoms with Gasteiger partial charge in [0.1, 0.15) is 0 Å². The van der Waals surface area contributed by atoms with Crippen LogP contribution in [0.5, 0.6) is 0 Å². The maximum atomic E-state index is 3.39. The quantitative estimate of drug-likeness (QED) is 0.557. The molecule has 0 amide bonds. The summed E-state index contributed by atoms with van der Waals surface area (Å²) >= 11 is 3.39. The Hall–Kier alpha value is 0.480. The highest BCUT2D eigenvalue weighted by molar-refractivity contribution is 9.09. The normalized spacial score (nSPS) is 10.0. The van der Waals surface area contributed by atoms with Crippen molar-refractivity contribution in [2.45, 2.75) is 41.0 Å². The Morgan fingerprint density at radius 2 is 1.44 bits per heavy atom. The van der Waals surface area contributed by atoms with E-state index in [2.05, 4.69) is 36.7 Å². The fourth-order valence-corrected chi connectivity index (χ4v) is 1.47. The number of halogens is 1. The van der Waals surface area contributed by atoms with E-state index in [0.717, 1.165) is 5.33 Å². The van der Waals surface area contributed by atoms with Crippen molar-refractivity contribution in [3.05, 3.63) is 0 Å². The molecule has 0 radical (unpaired) electrons. The Morgan fingerprint density at radius 3 is 1.44 bits per heavy atom. The molecule has 58 valence electrons. The topological polar surface area (TPSA) is 0 Å². The molecule has 0 N–H and O–H groups in total. The zero-order valence-electron chi connectivity index (χ0n) is 7.29. The molecule has 0 aliphatic heterocycles. The molecule has 0 unspecified atom stereocenters. The van der Waals surface area contributed by atoms with E-state index in [0.29, 0.717) is 5.41 Å². The Balaban J connectivity index is 0. The Bertz CT molecular complexity index is 43.0. The van der Waals surface area contributed by atoms with Crippen molar-refractivity contribution >= 4 is 15.9 Å². The van der Waals surface area contributed by atoms with Gasteiger partial charge in [-0.15, -0.1) is 0 Å². The summed E-state index contributed by atoms with van der Waals surface area (Å²) in [6.45, 7) is 10.7. The summed E-state index contributed by atoms with van der Waals surface area (Å²) in [4.78, 5) is 0. The zero-order chi connectivity index (χ0) is 7.91. The largest absolute Gasteiger partial charge is 0.0928 e. The minimum absolute atomic E-state index is 0.503. The van der Waals surface area contributed by atoms with E-state index in [1.807, 2.05) is 13.8 Å². The van der Waals surface area contributed by atoms with Crippen LogP contribution >= 0.6 is 15.9 Å². The fraction of sp³-hybridized carbons (Fsp3) is 1.00. The standard InChI is InChI=1S/C6H13Br.C2H6/c1-6(2,3)4-5-7;1-2/h4-5H2,1-3H3;1-2H3. The van der Waals surface area contributed by atoms with Crippen LogP contribution < -0.4 is 0 Å². The van der Waals surface area contributed by atoms with E-state index in [9.17, 15) is 0 Å². The summed E-state index contributed by atoms with van der Waals surface area (Å²) in [5.74, 6) is 0. The average Bonchev–Trinajstić information content (AvgIpc) is 1.69. The first kappa shape index (κ1) is 12.2. The second-order valence-electron chi connectivity index (χ2n) is 3.00. The molecule has 9 heavy (non-hydrogen) atoms. The highest BCUT2D eigenvalue weighted by Crippen LogP contribution is 2.18. The van der Waals surface area contributed by atoms with E-state index in [1.165, 1.54) is 6.42 Å². The molecule has 0 aliphatic carbocycles. The van der Waals surface area contributed by atoms with Gasteiger partial charge in [0, 0.05) is 5.33 Å². The van der Waals surface area contributed by atoms with Gasteiger partial charge in [-0.05, 0) is 11.8 Å². The summed E-state index contributed by atoms with van der Waals surface area (Å²) in [5.41, 5.74) is 0.503. The van der Waals surface area contributed by atoms with Crippen LogP contribution in [0.15, 0.2) is 0 Å². The van der Waals surface area contributed by atoms with Crippen LogP contribution in [0.25, 0.3) is 0 Å². The van der Waals surface area contributed by atoms with Gasteiger partial charge in [0.2, 0.25) is 0 Å². The Kier molecular flexibility index (Phi) is 8.93. The van der Waals surface area contributed by atoms with Crippen molar-refractivity contribution in [2.24, 2.45) is 5.41 Å². The van der Waals surface area contributed by atoms with Crippen molar-refractivity contribution in [3.8, 4) is 0 Å². The third-order valence-electron chi connectivity index (χ3n) is 0.844. The summed E-state index contributed by atoms with van der Waals surface area (Å²) in [7, 11) is 0. The Labute approximate surface area is 68.2 Å². The maximum Gasteiger partial charge on any atom is 0.00362 e. The molecular weight excluding hydrogens is 176 g/mol. The molecular formula is C8H19Br. The molecule has 0 atom stereocenters. The van der Waals surface area contributed by atoms with Gasteiger partial charge >= 0.3 is 0 Å². The zero-order valence-corrected chi connectivity index (χ0v) is 8.88. The van der Waals surface area contributed by atoms with Gasteiger partial charge in [-0.3, -0.25) is 0 Å². The van der Waals surface area contributed by atoms with Crippen molar-refractivity contribution < 1.29 is 0 Å². The highest BCUT2D eigenvalue weighted by Gasteiger charge is 2.06. The number of hydrogen-bond acceptors (Lipinski definition) is 0. The lowest BCUT2D eigenvalue weighted by molar-refractivity contribution is 0.403. The van der Waals surface area contributed by atoms with Crippen LogP contribution in [-0.4, -0.2) is 5.33 Å². The lowest BCUT2D eigenvalue weighted by Crippen LogP contribution is -2.04. The van der Waals surface area contributed by atoms with Crippen LogP contribution in [0.1, 0.15) is 41.0 Å². The molecule has 0 bridgehead atoms. The predicted molar refractivity (Wildman–Crippen MR) is 49.2 cm³/mol. The smallest absolute Gasteiger partial charge is 0.00362 e. The molecule has 0 heterocycles. The molecule has 0 nitrogen and oxygen atoms in total. The van der Waals surface area contributed by atoms with Crippen molar-refractivity contribution in [3.63, 3.8) is 0 Å². The van der Waals surface area contributed by atoms with E-state index in [4.69, 9.17) is 0 Å². The van der Waals surface area contributed by atoms with Gasteiger partial charge in [-0.2, -0.15) is 0 Å². The molecule has 0 spiro atoms. The van der Waals surface area contributed by atoms with Crippen LogP contribution in [0.4, 0.5) is 0 Å². The van der Waals surface area contributed by atoms with Crippen molar-refractivity contribution in [1.29, 1.82) is 0 Å². The van der Waals surface area contributed by atoms with E-state index in [1.54, 1.807) is 0 Å². The third kappa shape index (κ3) is 17.7. The molecule has 0 fully saturated rings. The highest BCUT2D eigenvalue weighted by atomic mass is 79.9. The molecule has 1 heteroatoms. The first-order valence-electron chi connectivity index (χ1n) is 3.62. The molecule has 0 aromatic heterocycles. The number of alkyl halides is 1. The second-order valence-corrected chi connectivity index (χ2v) is 3.79. The Morgan fingerprint density at radius 1 is 1.11 bits per heavy atom.